The van der Waals surface area contributed by atoms with Crippen molar-refractivity contribution < 1.29 is 9.90 Å². The van der Waals surface area contributed by atoms with Crippen LogP contribution in [0.1, 0.15) is 112 Å². The first kappa shape index (κ1) is 24.1. The van der Waals surface area contributed by atoms with Crippen LogP contribution in [0, 0.1) is 56.7 Å². The third-order valence-corrected chi connectivity index (χ3v) is 13.5. The second kappa shape index (κ2) is 7.44. The minimum absolute atomic E-state index is 0.341. The van der Waals surface area contributed by atoms with Crippen LogP contribution in [0.25, 0.3) is 0 Å². The summed E-state index contributed by atoms with van der Waals surface area (Å²) in [5, 5.41) is 10.8. The van der Waals surface area contributed by atoms with E-state index in [1.165, 1.54) is 56.9 Å². The van der Waals surface area contributed by atoms with Crippen LogP contribution in [0.15, 0.2) is 12.2 Å². The van der Waals surface area contributed by atoms with Crippen LogP contribution >= 0.6 is 0 Å². The maximum Gasteiger partial charge on any atom is 0.128 e. The van der Waals surface area contributed by atoms with Crippen molar-refractivity contribution in [3.05, 3.63) is 12.2 Å². The molecule has 33 heavy (non-hydrogen) atoms. The summed E-state index contributed by atoms with van der Waals surface area (Å²) in [5.41, 5.74) is 2.57. The molecular formula is C31H50O2. The molecule has 0 saturated heterocycles. The van der Waals surface area contributed by atoms with Gasteiger partial charge in [-0.25, -0.2) is 0 Å². The van der Waals surface area contributed by atoms with Crippen molar-refractivity contribution in [2.24, 2.45) is 56.7 Å². The third-order valence-electron chi connectivity index (χ3n) is 13.5. The van der Waals surface area contributed by atoms with Gasteiger partial charge in [0, 0.05) is 0 Å². The van der Waals surface area contributed by atoms with Gasteiger partial charge in [0.2, 0.25) is 0 Å². The zero-order valence-electron chi connectivity index (χ0n) is 22.4. The van der Waals surface area contributed by atoms with Gasteiger partial charge in [-0.1, -0.05) is 53.7 Å². The van der Waals surface area contributed by atoms with Crippen LogP contribution in [0.4, 0.5) is 0 Å². The highest BCUT2D eigenvalue weighted by molar-refractivity contribution is 5.62. The zero-order valence-corrected chi connectivity index (χ0v) is 22.4. The zero-order chi connectivity index (χ0) is 24.0. The lowest BCUT2D eigenvalue weighted by Crippen LogP contribution is -2.58. The van der Waals surface area contributed by atoms with Crippen LogP contribution in [0.3, 0.4) is 0 Å². The molecule has 2 nitrogen and oxygen atoms in total. The predicted octanol–water partition coefficient (Wildman–Crippen LogP) is 7.59. The molecule has 2 spiro atoms. The molecular weight excluding hydrogens is 404 g/mol. The Morgan fingerprint density at radius 2 is 1.61 bits per heavy atom. The van der Waals surface area contributed by atoms with Crippen molar-refractivity contribution in [3.63, 3.8) is 0 Å². The molecule has 10 unspecified atom stereocenters. The van der Waals surface area contributed by atoms with Gasteiger partial charge in [0.25, 0.3) is 0 Å². The SMILES string of the molecule is C=C(CCC(C)C1CCC2(C)C3CCC4C(C)(C=O)C(O)CCC45CC35CCC12C)C(C)C. The Balaban J connectivity index is 1.40. The van der Waals surface area contributed by atoms with Crippen LogP contribution in [-0.4, -0.2) is 17.5 Å². The summed E-state index contributed by atoms with van der Waals surface area (Å²) < 4.78 is 0. The third kappa shape index (κ3) is 2.85. The van der Waals surface area contributed by atoms with Crippen LogP contribution in [0.5, 0.6) is 0 Å². The number of allylic oxidation sites excluding steroid dienone is 1. The molecule has 0 aromatic heterocycles. The predicted molar refractivity (Wildman–Crippen MR) is 136 cm³/mol. The van der Waals surface area contributed by atoms with E-state index in [9.17, 15) is 9.90 Å². The molecule has 0 aromatic carbocycles. The lowest BCUT2D eigenvalue weighted by molar-refractivity contribution is -0.168. The maximum atomic E-state index is 12.3. The Bertz CT molecular complexity index is 831. The first-order chi connectivity index (χ1) is 15.4. The minimum Gasteiger partial charge on any atom is -0.392 e. The van der Waals surface area contributed by atoms with E-state index >= 15 is 0 Å². The summed E-state index contributed by atoms with van der Waals surface area (Å²) in [6, 6.07) is 0. The minimum atomic E-state index is -0.528. The summed E-state index contributed by atoms with van der Waals surface area (Å²) in [5.74, 6) is 3.42. The van der Waals surface area contributed by atoms with Gasteiger partial charge in [-0.05, 0) is 122 Å². The largest absolute Gasteiger partial charge is 0.392 e. The second-order valence-corrected chi connectivity index (χ2v) is 14.5. The molecule has 0 aliphatic heterocycles. The topological polar surface area (TPSA) is 37.3 Å². The molecule has 5 fully saturated rings. The Kier molecular flexibility index (Phi) is 5.43. The highest BCUT2D eigenvalue weighted by Crippen LogP contribution is 2.89. The number of rotatable bonds is 6. The van der Waals surface area contributed by atoms with Crippen molar-refractivity contribution in [2.45, 2.75) is 118 Å². The molecule has 1 N–H and O–H groups in total. The first-order valence-corrected chi connectivity index (χ1v) is 14.2. The van der Waals surface area contributed by atoms with Gasteiger partial charge in [-0.15, -0.1) is 0 Å². The average Bonchev–Trinajstić information content (AvgIpc) is 3.37. The smallest absolute Gasteiger partial charge is 0.128 e. The molecule has 0 amide bonds. The highest BCUT2D eigenvalue weighted by Gasteiger charge is 2.82. The average molecular weight is 455 g/mol. The summed E-state index contributed by atoms with van der Waals surface area (Å²) in [4.78, 5) is 12.3. The van der Waals surface area contributed by atoms with E-state index in [4.69, 9.17) is 0 Å². The van der Waals surface area contributed by atoms with E-state index in [0.717, 1.165) is 43.3 Å². The molecule has 0 aromatic rings. The fourth-order valence-corrected chi connectivity index (χ4v) is 11.1. The van der Waals surface area contributed by atoms with Crippen molar-refractivity contribution in [1.82, 2.24) is 0 Å². The number of carbonyl (C=O) groups is 1. The van der Waals surface area contributed by atoms with Gasteiger partial charge in [0.05, 0.1) is 11.5 Å². The Morgan fingerprint density at radius 1 is 0.939 bits per heavy atom. The Morgan fingerprint density at radius 3 is 2.27 bits per heavy atom. The van der Waals surface area contributed by atoms with E-state index < -0.39 is 11.5 Å². The normalized spacial score (nSPS) is 53.5. The summed E-state index contributed by atoms with van der Waals surface area (Å²) in [7, 11) is 0. The van der Waals surface area contributed by atoms with Gasteiger partial charge in [0.1, 0.15) is 6.29 Å². The molecule has 5 aliphatic rings. The van der Waals surface area contributed by atoms with Crippen LogP contribution in [-0.2, 0) is 4.79 Å². The fraction of sp³-hybridized carbons (Fsp3) is 0.903. The molecule has 186 valence electrons. The monoisotopic (exact) mass is 454 g/mol. The van der Waals surface area contributed by atoms with E-state index in [1.54, 1.807) is 0 Å². The molecule has 5 aliphatic carbocycles. The van der Waals surface area contributed by atoms with E-state index in [0.29, 0.717) is 33.5 Å². The number of hydrogen-bond acceptors (Lipinski definition) is 2. The van der Waals surface area contributed by atoms with Crippen molar-refractivity contribution in [1.29, 1.82) is 0 Å². The molecule has 0 heterocycles. The Hall–Kier alpha value is -0.630. The maximum absolute atomic E-state index is 12.3. The fourth-order valence-electron chi connectivity index (χ4n) is 11.1. The van der Waals surface area contributed by atoms with Crippen molar-refractivity contribution >= 4 is 6.29 Å². The van der Waals surface area contributed by atoms with Gasteiger partial charge in [-0.3, -0.25) is 0 Å². The quantitative estimate of drug-likeness (QED) is 0.331. The highest BCUT2D eigenvalue weighted by atomic mass is 16.3. The van der Waals surface area contributed by atoms with Crippen molar-refractivity contribution in [3.8, 4) is 0 Å². The van der Waals surface area contributed by atoms with Gasteiger partial charge >= 0.3 is 0 Å². The van der Waals surface area contributed by atoms with E-state index in [1.807, 2.05) is 0 Å². The summed E-state index contributed by atoms with van der Waals surface area (Å²) in [6.07, 6.45) is 14.5. The number of carbonyl (C=O) groups excluding carboxylic acids is 1. The van der Waals surface area contributed by atoms with Gasteiger partial charge in [0.15, 0.2) is 0 Å². The number of fused-ring (bicyclic) bond motifs is 2. The molecule has 5 saturated carbocycles. The molecule has 0 bridgehead atoms. The number of aliphatic hydroxyl groups excluding tert-OH is 1. The molecule has 0 radical (unpaired) electrons. The Labute approximate surface area is 203 Å². The lowest BCUT2D eigenvalue weighted by atomic mass is 9.41. The molecule has 5 rings (SSSR count). The number of hydrogen-bond donors (Lipinski definition) is 1. The summed E-state index contributed by atoms with van der Waals surface area (Å²) in [6.45, 7) is 18.9. The van der Waals surface area contributed by atoms with Gasteiger partial charge < -0.3 is 9.90 Å². The standard InChI is InChI=1S/C31H50O2/c1-20(2)21(3)8-9-22(4)23-12-14-29(7)25-11-10-24-27(5,19-32)26(33)13-15-30(24)18-31(25,30)17-16-28(23,29)6/h19-20,22-26,33H,3,8-18H2,1-2,4-7H3. The van der Waals surface area contributed by atoms with E-state index in [-0.39, 0.29) is 0 Å². The van der Waals surface area contributed by atoms with Crippen LogP contribution < -0.4 is 0 Å². The lowest BCUT2D eigenvalue weighted by Gasteiger charge is -2.63. The molecule has 2 heteroatoms. The van der Waals surface area contributed by atoms with Crippen LogP contribution in [0.2, 0.25) is 0 Å². The van der Waals surface area contributed by atoms with Gasteiger partial charge in [-0.2, -0.15) is 0 Å². The first-order valence-electron chi connectivity index (χ1n) is 14.2. The van der Waals surface area contributed by atoms with Crippen molar-refractivity contribution in [2.75, 3.05) is 0 Å². The second-order valence-electron chi connectivity index (χ2n) is 14.5. The van der Waals surface area contributed by atoms with E-state index in [2.05, 4.69) is 48.1 Å². The molecule has 10 atom stereocenters. The number of aldehydes is 1. The summed E-state index contributed by atoms with van der Waals surface area (Å²) >= 11 is 0. The number of aliphatic hydroxyl groups is 1.